The molecule has 6 nitrogen and oxygen atoms in total. The smallest absolute Gasteiger partial charge is 0.341 e. The minimum Gasteiger partial charge on any atom is -0.497 e. The Hall–Kier alpha value is -2.80. The van der Waals surface area contributed by atoms with Crippen LogP contribution in [0.4, 0.5) is 5.00 Å². The van der Waals surface area contributed by atoms with Gasteiger partial charge in [0.2, 0.25) is 5.91 Å². The lowest BCUT2D eigenvalue weighted by Crippen LogP contribution is -2.15. The molecule has 1 aromatic heterocycles. The van der Waals surface area contributed by atoms with Gasteiger partial charge in [0.25, 0.3) is 0 Å². The number of carbonyl (C=O) groups excluding carboxylic acids is 2. The molecule has 1 aromatic carbocycles. The molecule has 0 saturated heterocycles. The second kappa shape index (κ2) is 9.80. The lowest BCUT2D eigenvalue weighted by molar-refractivity contribution is -0.111. The Labute approximate surface area is 180 Å². The average molecular weight is 430 g/mol. The van der Waals surface area contributed by atoms with E-state index in [1.54, 1.807) is 45.4 Å². The van der Waals surface area contributed by atoms with Crippen molar-refractivity contribution in [3.63, 3.8) is 0 Å². The van der Waals surface area contributed by atoms with E-state index in [0.29, 0.717) is 34.6 Å². The number of carbonyl (C=O) groups is 2. The van der Waals surface area contributed by atoms with Gasteiger partial charge in [-0.1, -0.05) is 6.92 Å². The summed E-state index contributed by atoms with van der Waals surface area (Å²) in [6, 6.07) is 5.36. The van der Waals surface area contributed by atoms with Crippen molar-refractivity contribution in [3.05, 3.63) is 45.8 Å². The van der Waals surface area contributed by atoms with Crippen LogP contribution in [0.5, 0.6) is 11.5 Å². The van der Waals surface area contributed by atoms with Gasteiger partial charge in [-0.25, -0.2) is 4.79 Å². The van der Waals surface area contributed by atoms with Gasteiger partial charge >= 0.3 is 5.97 Å². The van der Waals surface area contributed by atoms with E-state index in [4.69, 9.17) is 14.2 Å². The fourth-order valence-corrected chi connectivity index (χ4v) is 4.95. The number of benzene rings is 1. The van der Waals surface area contributed by atoms with Crippen LogP contribution in [-0.4, -0.2) is 32.7 Å². The normalized spacial score (nSPS) is 15.5. The molecule has 2 aromatic rings. The average Bonchev–Trinajstić information content (AvgIpc) is 3.08. The third-order valence-corrected chi connectivity index (χ3v) is 6.25. The molecule has 1 heterocycles. The van der Waals surface area contributed by atoms with Crippen LogP contribution in [0.15, 0.2) is 24.3 Å². The molecule has 0 saturated carbocycles. The maximum Gasteiger partial charge on any atom is 0.341 e. The van der Waals surface area contributed by atoms with Crippen LogP contribution in [0.2, 0.25) is 0 Å². The van der Waals surface area contributed by atoms with E-state index in [2.05, 4.69) is 12.2 Å². The number of methoxy groups -OCH3 is 2. The summed E-state index contributed by atoms with van der Waals surface area (Å²) in [5.74, 6) is 1.17. The molecule has 30 heavy (non-hydrogen) atoms. The number of amides is 1. The largest absolute Gasteiger partial charge is 0.497 e. The van der Waals surface area contributed by atoms with E-state index in [1.807, 2.05) is 0 Å². The Bertz CT molecular complexity index is 963. The van der Waals surface area contributed by atoms with E-state index in [1.165, 1.54) is 17.4 Å². The van der Waals surface area contributed by atoms with Gasteiger partial charge in [-0.05, 0) is 61.9 Å². The molecule has 1 amide bonds. The molecule has 0 bridgehead atoms. The van der Waals surface area contributed by atoms with Crippen LogP contribution in [0.3, 0.4) is 0 Å². The SMILES string of the molecule is CCOC(=O)c1c(NC(=O)/C=C/c2cc(OC)ccc2OC)sc2c1CCC(C)C2. The predicted octanol–water partition coefficient (Wildman–Crippen LogP) is 4.72. The highest BCUT2D eigenvalue weighted by Crippen LogP contribution is 2.40. The first-order chi connectivity index (χ1) is 14.5. The molecule has 0 fully saturated rings. The standard InChI is InChI=1S/C23H27NO5S/c1-5-29-23(26)21-17-9-6-14(2)12-19(17)30-22(21)24-20(25)11-7-15-13-16(27-3)8-10-18(15)28-4/h7-8,10-11,13-14H,5-6,9,12H2,1-4H3,(H,24,25)/b11-7+. The van der Waals surface area contributed by atoms with Crippen molar-refractivity contribution in [2.24, 2.45) is 5.92 Å². The zero-order valence-electron chi connectivity index (χ0n) is 17.7. The Morgan fingerprint density at radius 3 is 2.77 bits per heavy atom. The number of thiophene rings is 1. The van der Waals surface area contributed by atoms with Crippen molar-refractivity contribution in [1.82, 2.24) is 0 Å². The number of fused-ring (bicyclic) bond motifs is 1. The zero-order chi connectivity index (χ0) is 21.7. The number of esters is 1. The van der Waals surface area contributed by atoms with Gasteiger partial charge in [-0.2, -0.15) is 0 Å². The lowest BCUT2D eigenvalue weighted by atomic mass is 9.88. The highest BCUT2D eigenvalue weighted by molar-refractivity contribution is 7.17. The quantitative estimate of drug-likeness (QED) is 0.509. The fourth-order valence-electron chi connectivity index (χ4n) is 3.55. The topological polar surface area (TPSA) is 73.9 Å². The predicted molar refractivity (Wildman–Crippen MR) is 119 cm³/mol. The molecule has 3 rings (SSSR count). The van der Waals surface area contributed by atoms with Crippen molar-refractivity contribution in [2.45, 2.75) is 33.1 Å². The Kier molecular flexibility index (Phi) is 7.15. The van der Waals surface area contributed by atoms with Crippen molar-refractivity contribution in [2.75, 3.05) is 26.1 Å². The van der Waals surface area contributed by atoms with Crippen LogP contribution in [0, 0.1) is 5.92 Å². The molecule has 0 radical (unpaired) electrons. The number of ether oxygens (including phenoxy) is 3. The minimum atomic E-state index is -0.377. The van der Waals surface area contributed by atoms with Crippen LogP contribution in [-0.2, 0) is 22.4 Å². The number of nitrogens with one attached hydrogen (secondary N) is 1. The van der Waals surface area contributed by atoms with Gasteiger partial charge in [0.15, 0.2) is 0 Å². The molecule has 7 heteroatoms. The van der Waals surface area contributed by atoms with Gasteiger partial charge in [0.05, 0.1) is 26.4 Å². The number of hydrogen-bond acceptors (Lipinski definition) is 6. The number of hydrogen-bond donors (Lipinski definition) is 1. The fraction of sp³-hybridized carbons (Fsp3) is 0.391. The monoisotopic (exact) mass is 429 g/mol. The number of anilines is 1. The van der Waals surface area contributed by atoms with Crippen LogP contribution in [0.25, 0.3) is 6.08 Å². The van der Waals surface area contributed by atoms with Crippen LogP contribution >= 0.6 is 11.3 Å². The van der Waals surface area contributed by atoms with Crippen molar-refractivity contribution >= 4 is 34.3 Å². The molecule has 0 spiro atoms. The van der Waals surface area contributed by atoms with E-state index in [9.17, 15) is 9.59 Å². The molecular formula is C23H27NO5S. The van der Waals surface area contributed by atoms with Gasteiger partial charge in [0, 0.05) is 16.5 Å². The maximum absolute atomic E-state index is 12.6. The van der Waals surface area contributed by atoms with E-state index in [0.717, 1.165) is 35.3 Å². The summed E-state index contributed by atoms with van der Waals surface area (Å²) in [4.78, 5) is 26.4. The summed E-state index contributed by atoms with van der Waals surface area (Å²) in [6.45, 7) is 4.28. The third-order valence-electron chi connectivity index (χ3n) is 5.08. The van der Waals surface area contributed by atoms with Crippen molar-refractivity contribution in [1.29, 1.82) is 0 Å². The van der Waals surface area contributed by atoms with E-state index >= 15 is 0 Å². The highest BCUT2D eigenvalue weighted by Gasteiger charge is 2.28. The first kappa shape index (κ1) is 21.9. The maximum atomic E-state index is 12.6. The second-order valence-corrected chi connectivity index (χ2v) is 8.31. The van der Waals surface area contributed by atoms with Gasteiger partial charge < -0.3 is 19.5 Å². The third kappa shape index (κ3) is 4.84. The lowest BCUT2D eigenvalue weighted by Gasteiger charge is -2.18. The summed E-state index contributed by atoms with van der Waals surface area (Å²) in [6.07, 6.45) is 5.86. The number of rotatable bonds is 7. The van der Waals surface area contributed by atoms with Crippen molar-refractivity contribution in [3.8, 4) is 11.5 Å². The molecular weight excluding hydrogens is 402 g/mol. The van der Waals surface area contributed by atoms with E-state index in [-0.39, 0.29) is 11.9 Å². The molecule has 160 valence electrons. The Balaban J connectivity index is 1.85. The first-order valence-electron chi connectivity index (χ1n) is 9.99. The Morgan fingerprint density at radius 1 is 1.27 bits per heavy atom. The molecule has 0 aliphatic heterocycles. The van der Waals surface area contributed by atoms with Gasteiger partial charge in [0.1, 0.15) is 16.5 Å². The summed E-state index contributed by atoms with van der Waals surface area (Å²) >= 11 is 1.47. The van der Waals surface area contributed by atoms with Crippen LogP contribution < -0.4 is 14.8 Å². The molecule has 1 N–H and O–H groups in total. The van der Waals surface area contributed by atoms with Crippen LogP contribution in [0.1, 0.15) is 46.6 Å². The summed E-state index contributed by atoms with van der Waals surface area (Å²) in [5.41, 5.74) is 2.24. The summed E-state index contributed by atoms with van der Waals surface area (Å²) in [5, 5.41) is 3.43. The first-order valence-corrected chi connectivity index (χ1v) is 10.8. The minimum absolute atomic E-state index is 0.294. The zero-order valence-corrected chi connectivity index (χ0v) is 18.6. The van der Waals surface area contributed by atoms with E-state index < -0.39 is 0 Å². The second-order valence-electron chi connectivity index (χ2n) is 7.21. The van der Waals surface area contributed by atoms with Gasteiger partial charge in [-0.15, -0.1) is 11.3 Å². The molecule has 1 aliphatic rings. The molecule has 1 atom stereocenters. The van der Waals surface area contributed by atoms with Crippen molar-refractivity contribution < 1.29 is 23.8 Å². The molecule has 1 unspecified atom stereocenters. The summed E-state index contributed by atoms with van der Waals surface area (Å²) in [7, 11) is 3.15. The molecule has 1 aliphatic carbocycles. The highest BCUT2D eigenvalue weighted by atomic mass is 32.1. The van der Waals surface area contributed by atoms with Gasteiger partial charge in [-0.3, -0.25) is 4.79 Å². The summed E-state index contributed by atoms with van der Waals surface area (Å²) < 4.78 is 15.8. The Morgan fingerprint density at radius 2 is 2.07 bits per heavy atom.